The second-order valence-corrected chi connectivity index (χ2v) is 4.78. The normalized spacial score (nSPS) is 11.8. The Morgan fingerprint density at radius 3 is 1.82 bits per heavy atom. The summed E-state index contributed by atoms with van der Waals surface area (Å²) in [6, 6.07) is -0.172. The van der Waals surface area contributed by atoms with Gasteiger partial charge in [-0.2, -0.15) is 0 Å². The van der Waals surface area contributed by atoms with E-state index in [4.69, 9.17) is 0 Å². The summed E-state index contributed by atoms with van der Waals surface area (Å²) in [5, 5.41) is 2.61. The Bertz CT molecular complexity index is 217. The quantitative estimate of drug-likeness (QED) is 0.800. The van der Waals surface area contributed by atoms with Gasteiger partial charge in [-0.1, -0.05) is 34.1 Å². The number of hydrogen-bond acceptors (Lipinski definition) is 3. The minimum Gasteiger partial charge on any atom is -0.348 e. The van der Waals surface area contributed by atoms with Crippen LogP contribution in [0.2, 0.25) is 0 Å². The highest BCUT2D eigenvalue weighted by Crippen LogP contribution is 2.06. The van der Waals surface area contributed by atoms with Crippen LogP contribution in [0.5, 0.6) is 0 Å². The maximum Gasteiger partial charge on any atom is 0.237 e. The fourth-order valence-electron chi connectivity index (χ4n) is 1.45. The predicted molar refractivity (Wildman–Crippen MR) is 72.0 cm³/mol. The van der Waals surface area contributed by atoms with Crippen LogP contribution in [-0.4, -0.2) is 43.3 Å². The highest BCUT2D eigenvalue weighted by Gasteiger charge is 2.23. The van der Waals surface area contributed by atoms with Gasteiger partial charge in [-0.3, -0.25) is 14.5 Å². The van der Waals surface area contributed by atoms with Gasteiger partial charge in [0, 0.05) is 0 Å². The van der Waals surface area contributed by atoms with E-state index in [1.165, 1.54) is 13.3 Å². The van der Waals surface area contributed by atoms with Gasteiger partial charge < -0.3 is 5.32 Å². The molecule has 0 aliphatic heterocycles. The number of Topliss-reactive ketones (excluding diaryl/α,β-unsaturated/α-hetero) is 1. The zero-order valence-corrected chi connectivity index (χ0v) is 12.3. The van der Waals surface area contributed by atoms with Crippen molar-refractivity contribution >= 4 is 11.7 Å². The van der Waals surface area contributed by atoms with Gasteiger partial charge in [-0.25, -0.2) is 0 Å². The average molecular weight is 244 g/mol. The molecule has 0 aliphatic carbocycles. The topological polar surface area (TPSA) is 49.4 Å². The van der Waals surface area contributed by atoms with E-state index in [9.17, 15) is 9.59 Å². The van der Waals surface area contributed by atoms with Crippen molar-refractivity contribution in [1.29, 1.82) is 0 Å². The van der Waals surface area contributed by atoms with Crippen molar-refractivity contribution in [2.24, 2.45) is 5.92 Å². The van der Waals surface area contributed by atoms with E-state index in [0.29, 0.717) is 0 Å². The van der Waals surface area contributed by atoms with Gasteiger partial charge in [-0.05, 0) is 26.9 Å². The van der Waals surface area contributed by atoms with Crippen LogP contribution in [0.25, 0.3) is 0 Å². The number of carbonyl (C=O) groups excluding carboxylic acids is 2. The Balaban J connectivity index is 0. The standard InChI is InChI=1S/C10H20N2O2.C3H8/c1-7(2)9(12(4)5)10(14)11-6-8(3)13;1-3-2/h7,9H,6H2,1-5H3,(H,11,14);3H2,1-2H3. The van der Waals surface area contributed by atoms with E-state index in [1.54, 1.807) is 0 Å². The molecule has 0 heterocycles. The minimum absolute atomic E-state index is 0.0281. The lowest BCUT2D eigenvalue weighted by atomic mass is 10.0. The number of hydrogen-bond donors (Lipinski definition) is 1. The minimum atomic E-state index is -0.172. The molecule has 0 aliphatic rings. The lowest BCUT2D eigenvalue weighted by molar-refractivity contribution is -0.129. The Morgan fingerprint density at radius 1 is 1.18 bits per heavy atom. The van der Waals surface area contributed by atoms with Crippen LogP contribution in [0.3, 0.4) is 0 Å². The van der Waals surface area contributed by atoms with Crippen molar-refractivity contribution in [2.45, 2.75) is 47.1 Å². The van der Waals surface area contributed by atoms with Crippen LogP contribution < -0.4 is 5.32 Å². The van der Waals surface area contributed by atoms with E-state index in [2.05, 4.69) is 19.2 Å². The van der Waals surface area contributed by atoms with E-state index in [0.717, 1.165) is 0 Å². The molecule has 0 saturated carbocycles. The van der Waals surface area contributed by atoms with Crippen LogP contribution in [0.4, 0.5) is 0 Å². The predicted octanol–water partition coefficient (Wildman–Crippen LogP) is 1.69. The summed E-state index contributed by atoms with van der Waals surface area (Å²) < 4.78 is 0. The monoisotopic (exact) mass is 244 g/mol. The molecule has 1 atom stereocenters. The molecule has 0 bridgehead atoms. The first-order chi connectivity index (χ1) is 7.77. The molecule has 1 N–H and O–H groups in total. The molecule has 0 saturated heterocycles. The van der Waals surface area contributed by atoms with Gasteiger partial charge in [0.15, 0.2) is 0 Å². The molecular formula is C13H28N2O2. The zero-order valence-electron chi connectivity index (χ0n) is 12.3. The maximum absolute atomic E-state index is 11.6. The fraction of sp³-hybridized carbons (Fsp3) is 0.846. The molecule has 4 nitrogen and oxygen atoms in total. The molecule has 0 radical (unpaired) electrons. The van der Waals surface area contributed by atoms with E-state index in [-0.39, 0.29) is 30.2 Å². The Labute approximate surface area is 106 Å². The van der Waals surface area contributed by atoms with Crippen molar-refractivity contribution in [3.05, 3.63) is 0 Å². The van der Waals surface area contributed by atoms with Crippen molar-refractivity contribution in [1.82, 2.24) is 10.2 Å². The molecule has 1 amide bonds. The number of amides is 1. The summed E-state index contributed by atoms with van der Waals surface area (Å²) in [6.07, 6.45) is 1.25. The summed E-state index contributed by atoms with van der Waals surface area (Å²) in [7, 11) is 3.72. The van der Waals surface area contributed by atoms with Crippen molar-refractivity contribution in [3.8, 4) is 0 Å². The summed E-state index contributed by atoms with van der Waals surface area (Å²) in [5.41, 5.74) is 0. The number of rotatable bonds is 5. The molecule has 0 fully saturated rings. The third-order valence-electron chi connectivity index (χ3n) is 1.97. The first-order valence-electron chi connectivity index (χ1n) is 6.21. The highest BCUT2D eigenvalue weighted by atomic mass is 16.2. The number of ketones is 1. The van der Waals surface area contributed by atoms with Crippen LogP contribution >= 0.6 is 0 Å². The molecule has 0 rings (SSSR count). The molecule has 1 unspecified atom stereocenters. The van der Waals surface area contributed by atoms with Gasteiger partial charge >= 0.3 is 0 Å². The smallest absolute Gasteiger partial charge is 0.237 e. The summed E-state index contributed by atoms with van der Waals surface area (Å²) in [6.45, 7) is 9.80. The summed E-state index contributed by atoms with van der Waals surface area (Å²) >= 11 is 0. The van der Waals surface area contributed by atoms with Crippen LogP contribution in [0.15, 0.2) is 0 Å². The van der Waals surface area contributed by atoms with Gasteiger partial charge in [-0.15, -0.1) is 0 Å². The molecule has 4 heteroatoms. The van der Waals surface area contributed by atoms with E-state index in [1.807, 2.05) is 32.8 Å². The largest absolute Gasteiger partial charge is 0.348 e. The third kappa shape index (κ3) is 10.00. The van der Waals surface area contributed by atoms with E-state index < -0.39 is 0 Å². The second-order valence-electron chi connectivity index (χ2n) is 4.78. The van der Waals surface area contributed by atoms with Gasteiger partial charge in [0.1, 0.15) is 5.78 Å². The molecular weight excluding hydrogens is 216 g/mol. The Morgan fingerprint density at radius 2 is 1.59 bits per heavy atom. The van der Waals surface area contributed by atoms with Gasteiger partial charge in [0.2, 0.25) is 5.91 Å². The summed E-state index contributed by atoms with van der Waals surface area (Å²) in [5.74, 6) is 0.122. The number of likely N-dealkylation sites (N-methyl/N-ethyl adjacent to an activating group) is 1. The lowest BCUT2D eigenvalue weighted by Crippen LogP contribution is -2.47. The van der Waals surface area contributed by atoms with Gasteiger partial charge in [0.05, 0.1) is 12.6 Å². The first-order valence-corrected chi connectivity index (χ1v) is 6.21. The van der Waals surface area contributed by atoms with Crippen LogP contribution in [0.1, 0.15) is 41.0 Å². The number of carbonyl (C=O) groups is 2. The third-order valence-corrected chi connectivity index (χ3v) is 1.97. The van der Waals surface area contributed by atoms with E-state index >= 15 is 0 Å². The van der Waals surface area contributed by atoms with Gasteiger partial charge in [0.25, 0.3) is 0 Å². The Kier molecular flexibility index (Phi) is 11.2. The molecule has 102 valence electrons. The van der Waals surface area contributed by atoms with Crippen molar-refractivity contribution in [2.75, 3.05) is 20.6 Å². The molecule has 0 aromatic rings. The molecule has 0 spiro atoms. The molecule has 0 aromatic carbocycles. The van der Waals surface area contributed by atoms with Crippen LogP contribution in [0, 0.1) is 5.92 Å². The Hall–Kier alpha value is -0.900. The van der Waals surface area contributed by atoms with Crippen molar-refractivity contribution in [3.63, 3.8) is 0 Å². The number of nitrogens with zero attached hydrogens (tertiary/aromatic N) is 1. The maximum atomic E-state index is 11.6. The summed E-state index contributed by atoms with van der Waals surface area (Å²) in [4.78, 5) is 24.2. The first kappa shape index (κ1) is 18.5. The highest BCUT2D eigenvalue weighted by molar-refractivity contribution is 5.87. The molecule has 17 heavy (non-hydrogen) atoms. The number of nitrogens with one attached hydrogen (secondary N) is 1. The fourth-order valence-corrected chi connectivity index (χ4v) is 1.45. The van der Waals surface area contributed by atoms with Crippen LogP contribution in [-0.2, 0) is 9.59 Å². The lowest BCUT2D eigenvalue weighted by Gasteiger charge is -2.26. The molecule has 0 aromatic heterocycles. The average Bonchev–Trinajstić information content (AvgIpc) is 2.14. The SMILES string of the molecule is CC(=O)CNC(=O)C(C(C)C)N(C)C.CCC. The van der Waals surface area contributed by atoms with Crippen molar-refractivity contribution < 1.29 is 9.59 Å². The zero-order chi connectivity index (χ0) is 14.0. The second kappa shape index (κ2) is 10.3.